The monoisotopic (exact) mass is 430 g/mol. The predicted octanol–water partition coefficient (Wildman–Crippen LogP) is 3.37. The summed E-state index contributed by atoms with van der Waals surface area (Å²) in [6.45, 7) is 4.42. The van der Waals surface area contributed by atoms with Crippen LogP contribution in [0.4, 0.5) is 0 Å². The third-order valence-corrected chi connectivity index (χ3v) is 10.4. The topological polar surface area (TPSA) is 101 Å². The number of carbonyl (C=O) groups is 3. The van der Waals surface area contributed by atoms with Gasteiger partial charge in [0.1, 0.15) is 0 Å². The second-order valence-corrected chi connectivity index (χ2v) is 11.4. The molecule has 5 aliphatic rings. The molecule has 0 amide bonds. The molecule has 0 bridgehead atoms. The summed E-state index contributed by atoms with van der Waals surface area (Å²) >= 11 is 0. The van der Waals surface area contributed by atoms with Gasteiger partial charge in [-0.3, -0.25) is 14.4 Å². The molecular weight excluding hydrogens is 396 g/mol. The van der Waals surface area contributed by atoms with Crippen LogP contribution in [-0.4, -0.2) is 40.6 Å². The quantitative estimate of drug-likeness (QED) is 0.663. The molecule has 0 radical (unpaired) electrons. The summed E-state index contributed by atoms with van der Waals surface area (Å²) in [6.07, 6.45) is 6.65. The zero-order chi connectivity index (χ0) is 22.3. The molecule has 31 heavy (non-hydrogen) atoms. The van der Waals surface area contributed by atoms with E-state index in [0.717, 1.165) is 31.3 Å². The Kier molecular flexibility index (Phi) is 4.55. The third-order valence-electron chi connectivity index (χ3n) is 10.4. The Balaban J connectivity index is 1.57. The Bertz CT molecular complexity index is 877. The first kappa shape index (κ1) is 21.2. The minimum Gasteiger partial charge on any atom is -0.481 e. The number of esters is 1. The van der Waals surface area contributed by atoms with Gasteiger partial charge in [-0.05, 0) is 79.6 Å². The molecule has 0 saturated heterocycles. The second-order valence-electron chi connectivity index (χ2n) is 11.4. The van der Waals surface area contributed by atoms with E-state index in [1.807, 2.05) is 0 Å². The normalized spacial score (nSPS) is 49.8. The number of rotatable bonds is 4. The fourth-order valence-corrected chi connectivity index (χ4v) is 8.83. The van der Waals surface area contributed by atoms with Crippen LogP contribution in [0.1, 0.15) is 65.2 Å². The number of aliphatic hydroxyl groups is 1. The first-order chi connectivity index (χ1) is 14.6. The first-order valence-corrected chi connectivity index (χ1v) is 11.8. The van der Waals surface area contributed by atoms with Crippen LogP contribution < -0.4 is 0 Å². The van der Waals surface area contributed by atoms with Crippen molar-refractivity contribution in [3.05, 3.63) is 11.6 Å². The molecule has 0 heterocycles. The highest BCUT2D eigenvalue weighted by atomic mass is 16.5. The van der Waals surface area contributed by atoms with Crippen molar-refractivity contribution in [1.82, 2.24) is 0 Å². The molecule has 0 aliphatic heterocycles. The van der Waals surface area contributed by atoms with Crippen LogP contribution in [0.15, 0.2) is 11.6 Å². The molecule has 0 unspecified atom stereocenters. The summed E-state index contributed by atoms with van der Waals surface area (Å²) in [5.41, 5.74) is -0.343. The zero-order valence-electron chi connectivity index (χ0n) is 18.7. The number of ketones is 1. The van der Waals surface area contributed by atoms with Crippen LogP contribution in [0.5, 0.6) is 0 Å². The van der Waals surface area contributed by atoms with Crippen molar-refractivity contribution in [2.24, 2.45) is 46.3 Å². The molecule has 170 valence electrons. The Morgan fingerprint density at radius 1 is 1.23 bits per heavy atom. The van der Waals surface area contributed by atoms with Crippen molar-refractivity contribution in [2.75, 3.05) is 7.11 Å². The van der Waals surface area contributed by atoms with Gasteiger partial charge in [-0.1, -0.05) is 19.4 Å². The molecule has 6 heteroatoms. The number of carbonyl (C=O) groups excluding carboxylic acids is 2. The molecule has 5 aliphatic carbocycles. The highest BCUT2D eigenvalue weighted by Crippen LogP contribution is 2.78. The molecule has 0 spiro atoms. The van der Waals surface area contributed by atoms with E-state index in [1.165, 1.54) is 7.11 Å². The highest BCUT2D eigenvalue weighted by molar-refractivity contribution is 5.92. The summed E-state index contributed by atoms with van der Waals surface area (Å²) in [4.78, 5) is 36.5. The van der Waals surface area contributed by atoms with E-state index in [9.17, 15) is 24.6 Å². The molecule has 5 rings (SSSR count). The minimum atomic E-state index is -0.980. The lowest BCUT2D eigenvalue weighted by Crippen LogP contribution is -2.59. The lowest BCUT2D eigenvalue weighted by Gasteiger charge is -2.61. The Morgan fingerprint density at radius 3 is 2.65 bits per heavy atom. The van der Waals surface area contributed by atoms with Crippen molar-refractivity contribution in [3.8, 4) is 0 Å². The number of fused-ring (bicyclic) bond motifs is 7. The minimum absolute atomic E-state index is 0.0245. The summed E-state index contributed by atoms with van der Waals surface area (Å²) in [7, 11) is 1.44. The van der Waals surface area contributed by atoms with Gasteiger partial charge in [0.25, 0.3) is 0 Å². The lowest BCUT2D eigenvalue weighted by atomic mass is 9.43. The van der Waals surface area contributed by atoms with Crippen LogP contribution >= 0.6 is 0 Å². The number of methoxy groups -OCH3 is 1. The molecule has 0 aromatic heterocycles. The van der Waals surface area contributed by atoms with E-state index in [-0.39, 0.29) is 65.0 Å². The maximum atomic E-state index is 13.0. The summed E-state index contributed by atoms with van der Waals surface area (Å²) in [5, 5.41) is 21.2. The smallest absolute Gasteiger partial charge is 0.309 e. The zero-order valence-corrected chi connectivity index (χ0v) is 18.7. The maximum Gasteiger partial charge on any atom is 0.309 e. The van der Waals surface area contributed by atoms with Gasteiger partial charge in [0.05, 0.1) is 18.6 Å². The van der Waals surface area contributed by atoms with Crippen molar-refractivity contribution >= 4 is 17.7 Å². The van der Waals surface area contributed by atoms with Gasteiger partial charge in [-0.15, -0.1) is 0 Å². The van der Waals surface area contributed by atoms with Gasteiger partial charge in [0.2, 0.25) is 0 Å². The molecule has 6 nitrogen and oxygen atoms in total. The number of carboxylic acid groups (broad SMARTS) is 1. The number of aliphatic carboxylic acids is 1. The van der Waals surface area contributed by atoms with Crippen LogP contribution in [-0.2, 0) is 19.1 Å². The molecule has 4 saturated carbocycles. The van der Waals surface area contributed by atoms with Gasteiger partial charge in [-0.2, -0.15) is 0 Å². The Labute approximate surface area is 183 Å². The van der Waals surface area contributed by atoms with E-state index in [0.29, 0.717) is 18.8 Å². The number of allylic oxidation sites excluding steroid dienone is 1. The van der Waals surface area contributed by atoms with Crippen molar-refractivity contribution in [2.45, 2.75) is 70.8 Å². The first-order valence-electron chi connectivity index (χ1n) is 11.8. The largest absolute Gasteiger partial charge is 0.481 e. The number of hydrogen-bond donors (Lipinski definition) is 2. The van der Waals surface area contributed by atoms with E-state index >= 15 is 0 Å². The number of carboxylic acids is 1. The average Bonchev–Trinajstić information content (AvgIpc) is 3.48. The Morgan fingerprint density at radius 2 is 1.97 bits per heavy atom. The van der Waals surface area contributed by atoms with Gasteiger partial charge < -0.3 is 14.9 Å². The van der Waals surface area contributed by atoms with E-state index in [4.69, 9.17) is 4.74 Å². The van der Waals surface area contributed by atoms with Gasteiger partial charge >= 0.3 is 11.9 Å². The molecule has 0 aromatic carbocycles. The van der Waals surface area contributed by atoms with Gasteiger partial charge in [0, 0.05) is 18.3 Å². The molecular formula is C25H34O6. The highest BCUT2D eigenvalue weighted by Gasteiger charge is 2.77. The molecule has 2 N–H and O–H groups in total. The maximum absolute atomic E-state index is 13.0. The second kappa shape index (κ2) is 6.66. The van der Waals surface area contributed by atoms with Crippen molar-refractivity contribution < 1.29 is 29.3 Å². The third kappa shape index (κ3) is 2.69. The van der Waals surface area contributed by atoms with E-state index < -0.39 is 11.6 Å². The number of hydrogen-bond acceptors (Lipinski definition) is 5. The van der Waals surface area contributed by atoms with Crippen molar-refractivity contribution in [3.63, 3.8) is 0 Å². The summed E-state index contributed by atoms with van der Waals surface area (Å²) in [5.74, 6) is -0.158. The summed E-state index contributed by atoms with van der Waals surface area (Å²) < 4.78 is 5.25. The van der Waals surface area contributed by atoms with E-state index in [1.54, 1.807) is 6.08 Å². The predicted molar refractivity (Wildman–Crippen MR) is 112 cm³/mol. The Hall–Kier alpha value is -1.69. The SMILES string of the molecule is COC(=O)[C@@H]1CC2=CC(=O)CC[C@]2(C)[C@H]2CC[C@@]3(C)[C@@H]([C@H]4C[C@H]4[C@@]3(O)CCC(=O)O)[C@H]12. The standard InChI is InChI=1S/C25H34O6/c1-23-7-4-14(26)10-13(23)11-16(22(29)31-3)20-17(23)5-8-24(2)21(20)15-12-18(15)25(24,30)9-6-19(27)28/h10,15-18,20-21,30H,4-9,11-12H2,1-3H3,(H,27,28)/t15-,16+,17-,18+,20+,21-,23-,24-,25-/m0/s1. The van der Waals surface area contributed by atoms with Crippen molar-refractivity contribution in [1.29, 1.82) is 0 Å². The molecule has 4 fully saturated rings. The summed E-state index contributed by atoms with van der Waals surface area (Å²) in [6, 6.07) is 0. The van der Waals surface area contributed by atoms with Crippen LogP contribution in [0, 0.1) is 46.3 Å². The fraction of sp³-hybridized carbons (Fsp3) is 0.800. The van der Waals surface area contributed by atoms with E-state index in [2.05, 4.69) is 13.8 Å². The van der Waals surface area contributed by atoms with Gasteiger partial charge in [-0.25, -0.2) is 0 Å². The van der Waals surface area contributed by atoms with Crippen LogP contribution in [0.2, 0.25) is 0 Å². The molecule has 9 atom stereocenters. The number of ether oxygens (including phenoxy) is 1. The average molecular weight is 431 g/mol. The van der Waals surface area contributed by atoms with Crippen LogP contribution in [0.25, 0.3) is 0 Å². The van der Waals surface area contributed by atoms with Gasteiger partial charge in [0.15, 0.2) is 5.78 Å². The van der Waals surface area contributed by atoms with Crippen LogP contribution in [0.3, 0.4) is 0 Å². The lowest BCUT2D eigenvalue weighted by molar-refractivity contribution is -0.177. The fourth-order valence-electron chi connectivity index (χ4n) is 8.83. The molecule has 0 aromatic rings.